The lowest BCUT2D eigenvalue weighted by molar-refractivity contribution is -0.145. The summed E-state index contributed by atoms with van der Waals surface area (Å²) in [5.74, 6) is 1.02. The normalized spacial score (nSPS) is 18.4. The number of para-hydroxylation sites is 1. The maximum absolute atomic E-state index is 13.8. The summed E-state index contributed by atoms with van der Waals surface area (Å²) in [5.41, 5.74) is 3.02. The second-order valence-corrected chi connectivity index (χ2v) is 16.8. The molecule has 2 fully saturated rings. The molecule has 1 heterocycles. The number of fused-ring (bicyclic) bond motifs is 1. The van der Waals surface area contributed by atoms with Crippen molar-refractivity contribution in [3.05, 3.63) is 90.5 Å². The van der Waals surface area contributed by atoms with Crippen molar-refractivity contribution in [2.45, 2.75) is 132 Å². The van der Waals surface area contributed by atoms with E-state index in [1.54, 1.807) is 35.6 Å². The van der Waals surface area contributed by atoms with Crippen LogP contribution in [0.2, 0.25) is 0 Å². The number of thiazole rings is 1. The highest BCUT2D eigenvalue weighted by molar-refractivity contribution is 7.22. The molecule has 0 spiro atoms. The highest BCUT2D eigenvalue weighted by Gasteiger charge is 2.33. The summed E-state index contributed by atoms with van der Waals surface area (Å²) >= 11 is 1.64. The molecular formula is C51H71N3O7S. The molecule has 11 heteroatoms. The summed E-state index contributed by atoms with van der Waals surface area (Å²) < 4.78 is 23.5. The Balaban J connectivity index is 0.00000341. The Morgan fingerprint density at radius 1 is 0.790 bits per heavy atom. The first kappa shape index (κ1) is 51.3. The lowest BCUT2D eigenvalue weighted by Gasteiger charge is -2.29. The molecule has 0 N–H and O–H groups in total. The summed E-state index contributed by atoms with van der Waals surface area (Å²) in [5, 5.41) is 7.90. The molecule has 3 aromatic carbocycles. The number of hydrazone groups is 1. The van der Waals surface area contributed by atoms with Gasteiger partial charge >= 0.3 is 17.9 Å². The molecule has 0 atom stereocenters. The smallest absolute Gasteiger partial charge is 0.330 e. The first-order valence-electron chi connectivity index (χ1n) is 21.6. The van der Waals surface area contributed by atoms with E-state index < -0.39 is 5.97 Å². The van der Waals surface area contributed by atoms with Crippen molar-refractivity contribution in [2.24, 2.45) is 22.9 Å². The van der Waals surface area contributed by atoms with Crippen LogP contribution in [0.15, 0.2) is 84.5 Å². The first-order chi connectivity index (χ1) is 28.8. The number of unbranched alkanes of at least 4 members (excludes halogenated alkanes) is 3. The standard InChI is InChI=1S/C48H59N3O7S.3CH4/c1-4-7-8-11-29-51(48-50-42-13-9-10-14-44(42)59-48)49-33-39-32-38(35-17-15-34(12-5-2)16-18-35)23-28-43(39)58-47(54)37-21-19-36(20-22-37)46(53)57-41-26-24-40(25-27-41)55-30-31-56-45(52)6-3;;;/h6,9-10,13-14,23-28,32-37H,3-5,7-8,11-12,15-22,29-31H2,1-2H3;3*1H4/b49-33+;;;. The molecule has 0 radical (unpaired) electrons. The van der Waals surface area contributed by atoms with E-state index >= 15 is 0 Å². The van der Waals surface area contributed by atoms with Crippen molar-refractivity contribution in [3.8, 4) is 17.2 Å². The Bertz CT molecular complexity index is 1980. The van der Waals surface area contributed by atoms with E-state index in [0.29, 0.717) is 48.8 Å². The number of ether oxygens (including phenoxy) is 4. The summed E-state index contributed by atoms with van der Waals surface area (Å²) in [6, 6.07) is 21.2. The van der Waals surface area contributed by atoms with E-state index in [0.717, 1.165) is 71.6 Å². The van der Waals surface area contributed by atoms with Crippen molar-refractivity contribution < 1.29 is 33.3 Å². The zero-order valence-corrected chi connectivity index (χ0v) is 35.5. The maximum Gasteiger partial charge on any atom is 0.330 e. The zero-order chi connectivity index (χ0) is 41.4. The third-order valence-corrected chi connectivity index (χ3v) is 12.6. The topological polar surface area (TPSA) is 117 Å². The molecule has 4 aromatic rings. The number of hydrogen-bond acceptors (Lipinski definition) is 11. The summed E-state index contributed by atoms with van der Waals surface area (Å²) in [7, 11) is 0. The third-order valence-electron chi connectivity index (χ3n) is 11.5. The molecule has 0 aliphatic heterocycles. The fourth-order valence-corrected chi connectivity index (χ4v) is 9.07. The van der Waals surface area contributed by atoms with Gasteiger partial charge in [0.15, 0.2) is 0 Å². The molecule has 0 bridgehead atoms. The molecule has 0 amide bonds. The molecule has 0 saturated heterocycles. The second-order valence-electron chi connectivity index (χ2n) is 15.8. The minimum absolute atomic E-state index is 0. The van der Waals surface area contributed by atoms with Crippen molar-refractivity contribution in [2.75, 3.05) is 24.8 Å². The number of esters is 3. The average molecular weight is 870 g/mol. The van der Waals surface area contributed by atoms with Gasteiger partial charge in [-0.15, -0.1) is 0 Å². The van der Waals surface area contributed by atoms with Gasteiger partial charge in [-0.05, 0) is 124 Å². The Morgan fingerprint density at radius 3 is 2.13 bits per heavy atom. The average Bonchev–Trinajstić information content (AvgIpc) is 3.70. The number of benzene rings is 3. The van der Waals surface area contributed by atoms with E-state index in [-0.39, 0.29) is 59.3 Å². The van der Waals surface area contributed by atoms with Gasteiger partial charge in [0, 0.05) is 18.2 Å². The summed E-state index contributed by atoms with van der Waals surface area (Å²) in [6.07, 6.45) is 16.9. The van der Waals surface area contributed by atoms with Crippen molar-refractivity contribution in [3.63, 3.8) is 0 Å². The van der Waals surface area contributed by atoms with Gasteiger partial charge in [0.1, 0.15) is 30.5 Å². The van der Waals surface area contributed by atoms with Gasteiger partial charge in [0.25, 0.3) is 0 Å². The lowest BCUT2D eigenvalue weighted by atomic mass is 9.77. The van der Waals surface area contributed by atoms with Crippen LogP contribution in [0.3, 0.4) is 0 Å². The first-order valence-corrected chi connectivity index (χ1v) is 22.4. The van der Waals surface area contributed by atoms with Gasteiger partial charge < -0.3 is 18.9 Å². The molecule has 1 aromatic heterocycles. The van der Waals surface area contributed by atoms with E-state index in [1.165, 1.54) is 37.7 Å². The monoisotopic (exact) mass is 870 g/mol. The van der Waals surface area contributed by atoms with E-state index in [1.807, 2.05) is 35.5 Å². The van der Waals surface area contributed by atoms with Gasteiger partial charge in [-0.2, -0.15) is 5.10 Å². The van der Waals surface area contributed by atoms with Crippen molar-refractivity contribution >= 4 is 50.8 Å². The fraction of sp³-hybridized carbons (Fsp3) is 0.510. The number of anilines is 1. The molecule has 338 valence electrons. The molecule has 2 aliphatic rings. The number of hydrogen-bond donors (Lipinski definition) is 0. The minimum atomic E-state index is -0.506. The number of carbonyl (C=O) groups is 3. The quantitative estimate of drug-likeness (QED) is 0.0214. The summed E-state index contributed by atoms with van der Waals surface area (Å²) in [4.78, 5) is 43.0. The Hall–Kier alpha value is -5.03. The Kier molecular flexibility index (Phi) is 21.9. The molecule has 6 rings (SSSR count). The number of rotatable bonds is 20. The third kappa shape index (κ3) is 14.8. The molecule has 62 heavy (non-hydrogen) atoms. The highest BCUT2D eigenvalue weighted by atomic mass is 32.1. The lowest BCUT2D eigenvalue weighted by Crippen LogP contribution is -2.30. The Labute approximate surface area is 375 Å². The second kappa shape index (κ2) is 26.4. The van der Waals surface area contributed by atoms with Crippen LogP contribution in [0.5, 0.6) is 17.2 Å². The van der Waals surface area contributed by atoms with Gasteiger partial charge in [-0.3, -0.25) is 9.59 Å². The predicted molar refractivity (Wildman–Crippen MR) is 255 cm³/mol. The SMILES string of the molecule is C.C.C.C=CC(=O)OCCOc1ccc(OC(=O)C2CCC(C(=O)Oc3ccc(C4CCC(CCC)CC4)cc3/C=N/N(CCCCCC)c3nc4ccccc4s3)CC2)cc1. The largest absolute Gasteiger partial charge is 0.490 e. The van der Waals surface area contributed by atoms with Gasteiger partial charge in [0.2, 0.25) is 5.13 Å². The van der Waals surface area contributed by atoms with Gasteiger partial charge in [-0.1, -0.05) is 104 Å². The van der Waals surface area contributed by atoms with Crippen LogP contribution in [0, 0.1) is 17.8 Å². The van der Waals surface area contributed by atoms with E-state index in [9.17, 15) is 14.4 Å². The molecule has 10 nitrogen and oxygen atoms in total. The maximum atomic E-state index is 13.8. The van der Waals surface area contributed by atoms with E-state index in [4.69, 9.17) is 29.0 Å². The summed E-state index contributed by atoms with van der Waals surface area (Å²) in [6.45, 7) is 8.88. The van der Waals surface area contributed by atoms with Gasteiger partial charge in [0.05, 0.1) is 28.3 Å². The molecule has 2 aliphatic carbocycles. The zero-order valence-electron chi connectivity index (χ0n) is 34.7. The van der Waals surface area contributed by atoms with Gasteiger partial charge in [-0.25, -0.2) is 14.8 Å². The van der Waals surface area contributed by atoms with Crippen LogP contribution >= 0.6 is 11.3 Å². The van der Waals surface area contributed by atoms with E-state index in [2.05, 4.69) is 38.6 Å². The van der Waals surface area contributed by atoms with Crippen LogP contribution in [0.1, 0.15) is 143 Å². The number of nitrogens with zero attached hydrogens (tertiary/aromatic N) is 3. The number of carbonyl (C=O) groups excluding carboxylic acids is 3. The Morgan fingerprint density at radius 2 is 1.47 bits per heavy atom. The highest BCUT2D eigenvalue weighted by Crippen LogP contribution is 2.39. The van der Waals surface area contributed by atoms with Crippen LogP contribution in [0.25, 0.3) is 10.2 Å². The van der Waals surface area contributed by atoms with Crippen molar-refractivity contribution in [1.82, 2.24) is 4.98 Å². The minimum Gasteiger partial charge on any atom is -0.490 e. The number of aromatic nitrogens is 1. The molecule has 2 saturated carbocycles. The van der Waals surface area contributed by atoms with Crippen LogP contribution in [-0.2, 0) is 19.1 Å². The van der Waals surface area contributed by atoms with Crippen LogP contribution in [0.4, 0.5) is 5.13 Å². The van der Waals surface area contributed by atoms with Crippen LogP contribution < -0.4 is 19.2 Å². The molecule has 0 unspecified atom stereocenters. The molecular weight excluding hydrogens is 799 g/mol. The van der Waals surface area contributed by atoms with Crippen LogP contribution in [-0.4, -0.2) is 48.9 Å². The van der Waals surface area contributed by atoms with Crippen molar-refractivity contribution in [1.29, 1.82) is 0 Å². The predicted octanol–water partition coefficient (Wildman–Crippen LogP) is 13.1. The fourth-order valence-electron chi connectivity index (χ4n) is 8.12.